The predicted molar refractivity (Wildman–Crippen MR) is 65.3 cm³/mol. The summed E-state index contributed by atoms with van der Waals surface area (Å²) in [6.45, 7) is 4.21. The van der Waals surface area contributed by atoms with Gasteiger partial charge in [0.15, 0.2) is 0 Å². The Kier molecular flexibility index (Phi) is 4.90. The van der Waals surface area contributed by atoms with Crippen LogP contribution in [0.1, 0.15) is 25.5 Å². The molecular weight excluding hydrogens is 221 g/mol. The van der Waals surface area contributed by atoms with Crippen molar-refractivity contribution >= 4 is 0 Å². The minimum absolute atomic E-state index is 0.166. The molecule has 17 heavy (non-hydrogen) atoms. The summed E-state index contributed by atoms with van der Waals surface area (Å²) in [6.07, 6.45) is -0.948. The first kappa shape index (κ1) is 13.9. The van der Waals surface area contributed by atoms with Gasteiger partial charge >= 0.3 is 0 Å². The molecule has 0 radical (unpaired) electrons. The van der Waals surface area contributed by atoms with E-state index in [0.29, 0.717) is 12.3 Å². The molecule has 0 aliphatic rings. The van der Waals surface area contributed by atoms with E-state index in [0.717, 1.165) is 0 Å². The highest BCUT2D eigenvalue weighted by atomic mass is 19.1. The standard InChI is InChI=1S/C13H20FNO2/c1-8(2)9(7-15)13(16)12-10(14)5-4-6-11(12)17-3/h4-6,8-9,13,16H,7,15H2,1-3H3. The monoisotopic (exact) mass is 241 g/mol. The maximum absolute atomic E-state index is 13.8. The SMILES string of the molecule is COc1cccc(F)c1C(O)C(CN)C(C)C. The lowest BCUT2D eigenvalue weighted by molar-refractivity contribution is 0.0802. The van der Waals surface area contributed by atoms with Crippen LogP contribution in [0.25, 0.3) is 0 Å². The molecule has 0 heterocycles. The average Bonchev–Trinajstić information content (AvgIpc) is 2.28. The van der Waals surface area contributed by atoms with Crippen LogP contribution in [0.2, 0.25) is 0 Å². The number of hydrogen-bond acceptors (Lipinski definition) is 3. The molecule has 1 aromatic carbocycles. The third-order valence-electron chi connectivity index (χ3n) is 3.06. The van der Waals surface area contributed by atoms with Gasteiger partial charge in [0.1, 0.15) is 11.6 Å². The van der Waals surface area contributed by atoms with Gasteiger partial charge in [0.05, 0.1) is 18.8 Å². The normalized spacial score (nSPS) is 14.8. The Labute approximate surface area is 101 Å². The highest BCUT2D eigenvalue weighted by Crippen LogP contribution is 2.34. The molecule has 0 aliphatic carbocycles. The van der Waals surface area contributed by atoms with E-state index in [1.54, 1.807) is 12.1 Å². The second-order valence-electron chi connectivity index (χ2n) is 4.44. The Hall–Kier alpha value is -1.13. The zero-order valence-electron chi connectivity index (χ0n) is 10.5. The summed E-state index contributed by atoms with van der Waals surface area (Å²) in [6, 6.07) is 4.50. The number of aliphatic hydroxyl groups is 1. The molecular formula is C13H20FNO2. The summed E-state index contributed by atoms with van der Waals surface area (Å²) in [4.78, 5) is 0. The predicted octanol–water partition coefficient (Wildman–Crippen LogP) is 2.10. The number of halogens is 1. The Morgan fingerprint density at radius 2 is 2.06 bits per heavy atom. The summed E-state index contributed by atoms with van der Waals surface area (Å²) < 4.78 is 18.8. The molecule has 0 fully saturated rings. The van der Waals surface area contributed by atoms with Crippen LogP contribution in [-0.2, 0) is 0 Å². The van der Waals surface area contributed by atoms with Crippen LogP contribution in [0.5, 0.6) is 5.75 Å². The van der Waals surface area contributed by atoms with Crippen molar-refractivity contribution in [3.05, 3.63) is 29.6 Å². The molecule has 0 bridgehead atoms. The number of rotatable bonds is 5. The first-order valence-electron chi connectivity index (χ1n) is 5.73. The van der Waals surface area contributed by atoms with E-state index in [1.807, 2.05) is 13.8 Å². The quantitative estimate of drug-likeness (QED) is 0.830. The van der Waals surface area contributed by atoms with Gasteiger partial charge in [-0.3, -0.25) is 0 Å². The van der Waals surface area contributed by atoms with E-state index in [4.69, 9.17) is 10.5 Å². The number of hydrogen-bond donors (Lipinski definition) is 2. The Bertz CT molecular complexity index is 368. The number of ether oxygens (including phenoxy) is 1. The number of methoxy groups -OCH3 is 1. The van der Waals surface area contributed by atoms with Gasteiger partial charge in [0.2, 0.25) is 0 Å². The summed E-state index contributed by atoms with van der Waals surface area (Å²) in [5.41, 5.74) is 5.82. The van der Waals surface area contributed by atoms with Crippen molar-refractivity contribution in [2.45, 2.75) is 20.0 Å². The second-order valence-corrected chi connectivity index (χ2v) is 4.44. The maximum Gasteiger partial charge on any atom is 0.132 e. The molecule has 0 aliphatic heterocycles. The van der Waals surface area contributed by atoms with E-state index in [9.17, 15) is 9.50 Å². The smallest absolute Gasteiger partial charge is 0.132 e. The molecule has 0 spiro atoms. The Morgan fingerprint density at radius 3 is 2.53 bits per heavy atom. The van der Waals surface area contributed by atoms with Gasteiger partial charge in [0, 0.05) is 5.92 Å². The summed E-state index contributed by atoms with van der Waals surface area (Å²) in [5.74, 6) is -0.132. The fourth-order valence-corrected chi connectivity index (χ4v) is 1.96. The van der Waals surface area contributed by atoms with E-state index in [-0.39, 0.29) is 17.4 Å². The third-order valence-corrected chi connectivity index (χ3v) is 3.06. The maximum atomic E-state index is 13.8. The van der Waals surface area contributed by atoms with Gasteiger partial charge in [-0.05, 0) is 24.6 Å². The lowest BCUT2D eigenvalue weighted by atomic mass is 9.86. The average molecular weight is 241 g/mol. The molecule has 1 rings (SSSR count). The van der Waals surface area contributed by atoms with Crippen molar-refractivity contribution < 1.29 is 14.2 Å². The van der Waals surface area contributed by atoms with E-state index >= 15 is 0 Å². The first-order chi connectivity index (χ1) is 8.02. The Balaban J connectivity index is 3.14. The molecule has 0 amide bonds. The van der Waals surface area contributed by atoms with Crippen molar-refractivity contribution in [1.82, 2.24) is 0 Å². The number of aliphatic hydroxyl groups excluding tert-OH is 1. The zero-order chi connectivity index (χ0) is 13.0. The van der Waals surface area contributed by atoms with Crippen LogP contribution in [-0.4, -0.2) is 18.8 Å². The van der Waals surface area contributed by atoms with Gasteiger partial charge in [-0.1, -0.05) is 19.9 Å². The molecule has 1 aromatic rings. The van der Waals surface area contributed by atoms with Gasteiger partial charge in [-0.25, -0.2) is 4.39 Å². The molecule has 2 unspecified atom stereocenters. The zero-order valence-corrected chi connectivity index (χ0v) is 10.5. The van der Waals surface area contributed by atoms with Crippen LogP contribution >= 0.6 is 0 Å². The van der Waals surface area contributed by atoms with Gasteiger partial charge in [-0.15, -0.1) is 0 Å². The topological polar surface area (TPSA) is 55.5 Å². The molecule has 3 N–H and O–H groups in total. The number of benzene rings is 1. The highest BCUT2D eigenvalue weighted by molar-refractivity contribution is 5.36. The minimum atomic E-state index is -0.948. The van der Waals surface area contributed by atoms with Gasteiger partial charge in [0.25, 0.3) is 0 Å². The van der Waals surface area contributed by atoms with Crippen molar-refractivity contribution in [2.75, 3.05) is 13.7 Å². The molecule has 0 saturated carbocycles. The molecule has 0 saturated heterocycles. The van der Waals surface area contributed by atoms with Crippen LogP contribution in [0.3, 0.4) is 0 Å². The summed E-state index contributed by atoms with van der Waals surface area (Å²) in [7, 11) is 1.46. The highest BCUT2D eigenvalue weighted by Gasteiger charge is 2.27. The second kappa shape index (κ2) is 5.98. The van der Waals surface area contributed by atoms with Crippen molar-refractivity contribution in [1.29, 1.82) is 0 Å². The van der Waals surface area contributed by atoms with E-state index < -0.39 is 11.9 Å². The Morgan fingerprint density at radius 1 is 1.41 bits per heavy atom. The lowest BCUT2D eigenvalue weighted by Gasteiger charge is -2.26. The summed E-state index contributed by atoms with van der Waals surface area (Å²) >= 11 is 0. The van der Waals surface area contributed by atoms with Crippen molar-refractivity contribution in [2.24, 2.45) is 17.6 Å². The van der Waals surface area contributed by atoms with E-state index in [1.165, 1.54) is 13.2 Å². The molecule has 96 valence electrons. The van der Waals surface area contributed by atoms with Crippen molar-refractivity contribution in [3.8, 4) is 5.75 Å². The molecule has 0 aromatic heterocycles. The fraction of sp³-hybridized carbons (Fsp3) is 0.538. The van der Waals surface area contributed by atoms with Crippen LogP contribution in [0.4, 0.5) is 4.39 Å². The largest absolute Gasteiger partial charge is 0.496 e. The van der Waals surface area contributed by atoms with Crippen LogP contribution < -0.4 is 10.5 Å². The van der Waals surface area contributed by atoms with E-state index in [2.05, 4.69) is 0 Å². The first-order valence-corrected chi connectivity index (χ1v) is 5.73. The lowest BCUT2D eigenvalue weighted by Crippen LogP contribution is -2.27. The van der Waals surface area contributed by atoms with Gasteiger partial charge in [-0.2, -0.15) is 0 Å². The summed E-state index contributed by atoms with van der Waals surface area (Å²) in [5, 5.41) is 10.2. The van der Waals surface area contributed by atoms with Crippen LogP contribution in [0.15, 0.2) is 18.2 Å². The van der Waals surface area contributed by atoms with Crippen LogP contribution in [0, 0.1) is 17.7 Å². The fourth-order valence-electron chi connectivity index (χ4n) is 1.96. The van der Waals surface area contributed by atoms with Gasteiger partial charge < -0.3 is 15.6 Å². The molecule has 4 heteroatoms. The van der Waals surface area contributed by atoms with Crippen molar-refractivity contribution in [3.63, 3.8) is 0 Å². The molecule has 2 atom stereocenters. The number of nitrogens with two attached hydrogens (primary N) is 1. The molecule has 3 nitrogen and oxygen atoms in total. The third kappa shape index (κ3) is 2.96. The minimum Gasteiger partial charge on any atom is -0.496 e.